The Bertz CT molecular complexity index is 925. The van der Waals surface area contributed by atoms with Gasteiger partial charge in [-0.3, -0.25) is 9.36 Å². The van der Waals surface area contributed by atoms with Crippen LogP contribution in [0.5, 0.6) is 0 Å². The van der Waals surface area contributed by atoms with Gasteiger partial charge in [0.2, 0.25) is 0 Å². The van der Waals surface area contributed by atoms with E-state index in [9.17, 15) is 4.79 Å². The normalized spacial score (nSPS) is 11.0. The molecule has 0 radical (unpaired) electrons. The Morgan fingerprint density at radius 2 is 2.05 bits per heavy atom. The van der Waals surface area contributed by atoms with Gasteiger partial charge in [0, 0.05) is 11.0 Å². The van der Waals surface area contributed by atoms with E-state index in [-0.39, 0.29) is 11.1 Å². The van der Waals surface area contributed by atoms with E-state index in [0.29, 0.717) is 15.7 Å². The number of hydrogen-bond donors (Lipinski definition) is 0. The summed E-state index contributed by atoms with van der Waals surface area (Å²) in [7, 11) is 0. The van der Waals surface area contributed by atoms with E-state index >= 15 is 0 Å². The molecular weight excluding hydrogens is 350 g/mol. The van der Waals surface area contributed by atoms with Crippen LogP contribution in [0, 0.1) is 22.7 Å². The molecule has 1 aromatic heterocycles. The van der Waals surface area contributed by atoms with Gasteiger partial charge < -0.3 is 0 Å². The summed E-state index contributed by atoms with van der Waals surface area (Å²) in [4.78, 5) is 12.4. The molecule has 0 N–H and O–H groups in total. The molecule has 2 aromatic rings. The zero-order valence-electron chi connectivity index (χ0n) is 11.1. The van der Waals surface area contributed by atoms with Crippen LogP contribution in [-0.2, 0) is 6.54 Å². The Morgan fingerprint density at radius 3 is 2.62 bits per heavy atom. The van der Waals surface area contributed by atoms with Crippen LogP contribution in [-0.4, -0.2) is 4.57 Å². The van der Waals surface area contributed by atoms with E-state index in [1.165, 1.54) is 4.57 Å². The summed E-state index contributed by atoms with van der Waals surface area (Å²) in [5.74, 6) is 0. The van der Waals surface area contributed by atoms with Crippen molar-refractivity contribution >= 4 is 38.9 Å². The van der Waals surface area contributed by atoms with E-state index in [0.717, 1.165) is 21.4 Å². The molecule has 0 bridgehead atoms. The van der Waals surface area contributed by atoms with Gasteiger partial charge in [0.25, 0.3) is 5.56 Å². The third-order valence-corrected chi connectivity index (χ3v) is 4.71. The second-order valence-electron chi connectivity index (χ2n) is 4.09. The van der Waals surface area contributed by atoms with Crippen LogP contribution in [0.15, 0.2) is 33.5 Å². The topological polar surface area (TPSA) is 69.6 Å². The van der Waals surface area contributed by atoms with Crippen LogP contribution in [0.1, 0.15) is 12.5 Å². The molecule has 0 atom stereocenters. The van der Waals surface area contributed by atoms with Crippen LogP contribution in [0.3, 0.4) is 0 Å². The van der Waals surface area contributed by atoms with Crippen LogP contribution >= 0.6 is 27.3 Å². The van der Waals surface area contributed by atoms with E-state index in [4.69, 9.17) is 10.5 Å². The number of benzene rings is 1. The molecule has 0 spiro atoms. The summed E-state index contributed by atoms with van der Waals surface area (Å²) in [6.45, 7) is 2.23. The minimum atomic E-state index is -0.184. The maximum Gasteiger partial charge on any atom is 0.269 e. The van der Waals surface area contributed by atoms with Crippen molar-refractivity contribution in [3.05, 3.63) is 53.9 Å². The van der Waals surface area contributed by atoms with Crippen molar-refractivity contribution < 1.29 is 0 Å². The number of thiazole rings is 1. The Balaban J connectivity index is 2.85. The minimum Gasteiger partial charge on any atom is -0.298 e. The fourth-order valence-corrected chi connectivity index (χ4v) is 3.35. The number of rotatable bonds is 2. The number of aromatic nitrogens is 1. The van der Waals surface area contributed by atoms with Gasteiger partial charge in [0.15, 0.2) is 5.57 Å². The summed E-state index contributed by atoms with van der Waals surface area (Å²) in [6, 6.07) is 11.2. The number of nitriles is 2. The van der Waals surface area contributed by atoms with Gasteiger partial charge in [0.05, 0.1) is 4.53 Å². The van der Waals surface area contributed by atoms with Crippen LogP contribution in [0.4, 0.5) is 0 Å². The van der Waals surface area contributed by atoms with Crippen molar-refractivity contribution in [3.8, 4) is 12.1 Å². The van der Waals surface area contributed by atoms with Gasteiger partial charge in [-0.1, -0.05) is 34.1 Å². The predicted molar refractivity (Wildman–Crippen MR) is 85.8 cm³/mol. The molecular formula is C15H10BrN3OS. The summed E-state index contributed by atoms with van der Waals surface area (Å²) in [6.07, 6.45) is 1.76. The molecule has 0 unspecified atom stereocenters. The quantitative estimate of drug-likeness (QED) is 0.819. The predicted octanol–water partition coefficient (Wildman–Crippen LogP) is 1.72. The van der Waals surface area contributed by atoms with Gasteiger partial charge in [-0.15, -0.1) is 11.3 Å². The third-order valence-electron chi connectivity index (χ3n) is 2.85. The first-order chi connectivity index (χ1) is 10.1. The maximum absolute atomic E-state index is 12.4. The van der Waals surface area contributed by atoms with Gasteiger partial charge in [-0.25, -0.2) is 0 Å². The zero-order chi connectivity index (χ0) is 15.4. The van der Waals surface area contributed by atoms with Crippen molar-refractivity contribution in [1.29, 1.82) is 10.5 Å². The van der Waals surface area contributed by atoms with E-state index < -0.39 is 0 Å². The summed E-state index contributed by atoms with van der Waals surface area (Å²) < 4.78 is 3.24. The van der Waals surface area contributed by atoms with Gasteiger partial charge in [0.1, 0.15) is 16.8 Å². The van der Waals surface area contributed by atoms with Crippen molar-refractivity contribution in [2.24, 2.45) is 0 Å². The lowest BCUT2D eigenvalue weighted by atomic mass is 10.2. The van der Waals surface area contributed by atoms with Crippen molar-refractivity contribution in [1.82, 2.24) is 4.57 Å². The lowest BCUT2D eigenvalue weighted by molar-refractivity contribution is 0.722. The SMILES string of the molecule is CCn1c(=C(C#N)C#N)s/c(=C/c2ccccc2Br)c1=O. The Morgan fingerprint density at radius 1 is 1.38 bits per heavy atom. The molecule has 0 saturated heterocycles. The lowest BCUT2D eigenvalue weighted by Crippen LogP contribution is -2.31. The molecule has 1 heterocycles. The molecule has 6 heteroatoms. The maximum atomic E-state index is 12.4. The van der Waals surface area contributed by atoms with Crippen molar-refractivity contribution in [2.75, 3.05) is 0 Å². The van der Waals surface area contributed by atoms with Gasteiger partial charge in [-0.05, 0) is 24.6 Å². The van der Waals surface area contributed by atoms with Crippen LogP contribution in [0.25, 0.3) is 11.6 Å². The van der Waals surface area contributed by atoms with Crippen LogP contribution in [0.2, 0.25) is 0 Å². The van der Waals surface area contributed by atoms with E-state index in [2.05, 4.69) is 15.9 Å². The average Bonchev–Trinajstić information content (AvgIpc) is 2.79. The summed E-state index contributed by atoms with van der Waals surface area (Å²) in [5, 5.41) is 18.0. The molecule has 2 rings (SSSR count). The van der Waals surface area contributed by atoms with Crippen LogP contribution < -0.4 is 14.8 Å². The first-order valence-corrected chi connectivity index (χ1v) is 7.73. The van der Waals surface area contributed by atoms with Gasteiger partial charge in [-0.2, -0.15) is 10.5 Å². The second kappa shape index (κ2) is 6.53. The number of halogens is 1. The van der Waals surface area contributed by atoms with Crippen molar-refractivity contribution in [3.63, 3.8) is 0 Å². The molecule has 21 heavy (non-hydrogen) atoms. The Kier molecular flexibility index (Phi) is 4.74. The van der Waals surface area contributed by atoms with E-state index in [1.54, 1.807) is 6.08 Å². The molecule has 0 amide bonds. The fourth-order valence-electron chi connectivity index (χ4n) is 1.85. The van der Waals surface area contributed by atoms with E-state index in [1.807, 2.05) is 43.3 Å². The molecule has 0 saturated carbocycles. The first-order valence-electron chi connectivity index (χ1n) is 6.12. The fraction of sp³-hybridized carbons (Fsp3) is 0.133. The smallest absolute Gasteiger partial charge is 0.269 e. The lowest BCUT2D eigenvalue weighted by Gasteiger charge is -1.95. The molecule has 0 aliphatic heterocycles. The monoisotopic (exact) mass is 359 g/mol. The molecule has 0 fully saturated rings. The first kappa shape index (κ1) is 15.2. The minimum absolute atomic E-state index is 0.0364. The zero-order valence-corrected chi connectivity index (χ0v) is 13.5. The summed E-state index contributed by atoms with van der Waals surface area (Å²) >= 11 is 4.60. The molecule has 4 nitrogen and oxygen atoms in total. The van der Waals surface area contributed by atoms with Gasteiger partial charge >= 0.3 is 0 Å². The molecule has 0 aliphatic rings. The highest BCUT2D eigenvalue weighted by molar-refractivity contribution is 9.10. The third kappa shape index (κ3) is 2.97. The Labute approximate surface area is 133 Å². The van der Waals surface area contributed by atoms with Crippen molar-refractivity contribution in [2.45, 2.75) is 13.5 Å². The average molecular weight is 360 g/mol. The second-order valence-corrected chi connectivity index (χ2v) is 5.97. The summed E-state index contributed by atoms with van der Waals surface area (Å²) in [5.41, 5.74) is 0.656. The standard InChI is InChI=1S/C15H10BrN3OS/c1-2-19-14(20)13(21-15(19)11(8-17)9-18)7-10-5-3-4-6-12(10)16/h3-7H,2H2,1H3/b13-7+. The molecule has 1 aromatic carbocycles. The Hall–Kier alpha value is -2.15. The highest BCUT2D eigenvalue weighted by Crippen LogP contribution is 2.15. The highest BCUT2D eigenvalue weighted by atomic mass is 79.9. The highest BCUT2D eigenvalue weighted by Gasteiger charge is 2.08. The number of nitrogens with zero attached hydrogens (tertiary/aromatic N) is 3. The molecule has 104 valence electrons. The largest absolute Gasteiger partial charge is 0.298 e. The molecule has 0 aliphatic carbocycles. The number of hydrogen-bond acceptors (Lipinski definition) is 4.